The highest BCUT2D eigenvalue weighted by Crippen LogP contribution is 2.23. The van der Waals surface area contributed by atoms with Crippen LogP contribution in [-0.4, -0.2) is 24.8 Å². The zero-order valence-electron chi connectivity index (χ0n) is 10.9. The summed E-state index contributed by atoms with van der Waals surface area (Å²) in [6.07, 6.45) is 0. The zero-order chi connectivity index (χ0) is 14.4. The summed E-state index contributed by atoms with van der Waals surface area (Å²) in [7, 11) is 0. The van der Waals surface area contributed by atoms with E-state index >= 15 is 0 Å². The van der Waals surface area contributed by atoms with Gasteiger partial charge in [-0.25, -0.2) is 8.78 Å². The Morgan fingerprint density at radius 1 is 1.26 bits per heavy atom. The van der Waals surface area contributed by atoms with Crippen molar-refractivity contribution in [3.05, 3.63) is 29.3 Å². The number of rotatable bonds is 7. The summed E-state index contributed by atoms with van der Waals surface area (Å²) in [5.74, 6) is -1.69. The summed E-state index contributed by atoms with van der Waals surface area (Å²) >= 11 is 4.65. The first-order valence-corrected chi connectivity index (χ1v) is 6.32. The van der Waals surface area contributed by atoms with Crippen molar-refractivity contribution in [3.63, 3.8) is 0 Å². The lowest BCUT2D eigenvalue weighted by Gasteiger charge is -2.11. The van der Waals surface area contributed by atoms with Gasteiger partial charge in [0.2, 0.25) is 0 Å². The van der Waals surface area contributed by atoms with Gasteiger partial charge in [-0.15, -0.1) is 0 Å². The Labute approximate surface area is 116 Å². The SMILES string of the molecule is CC(C)COCCOc1c(F)cc(C(N)=S)cc1F. The summed E-state index contributed by atoms with van der Waals surface area (Å²) in [5, 5.41) is 0. The van der Waals surface area contributed by atoms with Crippen LogP contribution in [0.3, 0.4) is 0 Å². The van der Waals surface area contributed by atoms with Gasteiger partial charge >= 0.3 is 0 Å². The molecule has 0 fully saturated rings. The Morgan fingerprint density at radius 3 is 2.32 bits per heavy atom. The summed E-state index contributed by atoms with van der Waals surface area (Å²) in [6, 6.07) is 2.10. The van der Waals surface area contributed by atoms with Gasteiger partial charge in [0.05, 0.1) is 6.61 Å². The Balaban J connectivity index is 2.57. The quantitative estimate of drug-likeness (QED) is 0.619. The van der Waals surface area contributed by atoms with Gasteiger partial charge in [-0.2, -0.15) is 0 Å². The molecule has 19 heavy (non-hydrogen) atoms. The minimum absolute atomic E-state index is 0.0652. The average molecular weight is 289 g/mol. The van der Waals surface area contributed by atoms with E-state index < -0.39 is 17.4 Å². The van der Waals surface area contributed by atoms with Crippen molar-refractivity contribution < 1.29 is 18.3 Å². The third-order valence-electron chi connectivity index (χ3n) is 2.21. The molecule has 1 aromatic carbocycles. The third kappa shape index (κ3) is 5.08. The molecule has 0 aromatic heterocycles. The second-order valence-electron chi connectivity index (χ2n) is 4.45. The molecule has 1 aromatic rings. The van der Waals surface area contributed by atoms with Gasteiger partial charge in [0.15, 0.2) is 17.4 Å². The van der Waals surface area contributed by atoms with Gasteiger partial charge in [-0.1, -0.05) is 26.1 Å². The van der Waals surface area contributed by atoms with E-state index in [9.17, 15) is 8.78 Å². The molecule has 1 rings (SSSR count). The molecule has 0 aliphatic carbocycles. The molecule has 106 valence electrons. The Bertz CT molecular complexity index is 429. The van der Waals surface area contributed by atoms with Gasteiger partial charge in [-0.05, 0) is 18.1 Å². The molecular weight excluding hydrogens is 272 g/mol. The van der Waals surface area contributed by atoms with Crippen LogP contribution in [0.2, 0.25) is 0 Å². The maximum Gasteiger partial charge on any atom is 0.190 e. The Hall–Kier alpha value is -1.27. The van der Waals surface area contributed by atoms with Crippen LogP contribution < -0.4 is 10.5 Å². The summed E-state index contributed by atoms with van der Waals surface area (Å²) in [5.41, 5.74) is 5.44. The smallest absolute Gasteiger partial charge is 0.190 e. The molecule has 3 nitrogen and oxygen atoms in total. The maximum absolute atomic E-state index is 13.6. The van der Waals surface area contributed by atoms with E-state index in [1.807, 2.05) is 13.8 Å². The van der Waals surface area contributed by atoms with Crippen LogP contribution in [0.15, 0.2) is 12.1 Å². The number of ether oxygens (including phenoxy) is 2. The fourth-order valence-corrected chi connectivity index (χ4v) is 1.48. The van der Waals surface area contributed by atoms with Crippen LogP contribution >= 0.6 is 12.2 Å². The van der Waals surface area contributed by atoms with Crippen molar-refractivity contribution in [2.45, 2.75) is 13.8 Å². The van der Waals surface area contributed by atoms with Crippen molar-refractivity contribution in [2.75, 3.05) is 19.8 Å². The van der Waals surface area contributed by atoms with Crippen molar-refractivity contribution >= 4 is 17.2 Å². The van der Waals surface area contributed by atoms with Crippen LogP contribution in [-0.2, 0) is 4.74 Å². The van der Waals surface area contributed by atoms with Crippen LogP contribution in [0.5, 0.6) is 5.75 Å². The van der Waals surface area contributed by atoms with Crippen molar-refractivity contribution in [1.29, 1.82) is 0 Å². The van der Waals surface area contributed by atoms with E-state index in [2.05, 4.69) is 12.2 Å². The molecular formula is C13H17F2NO2S. The molecule has 0 heterocycles. The first-order chi connectivity index (χ1) is 8.91. The molecule has 6 heteroatoms. The Kier molecular flexibility index (Phi) is 6.11. The predicted molar refractivity (Wildman–Crippen MR) is 73.4 cm³/mol. The highest BCUT2D eigenvalue weighted by Gasteiger charge is 2.13. The summed E-state index contributed by atoms with van der Waals surface area (Å²) in [6.45, 7) is 4.94. The number of thiocarbonyl (C=S) groups is 1. The monoisotopic (exact) mass is 289 g/mol. The van der Waals surface area contributed by atoms with Crippen molar-refractivity contribution in [2.24, 2.45) is 11.7 Å². The number of hydrogen-bond donors (Lipinski definition) is 1. The molecule has 2 N–H and O–H groups in total. The highest BCUT2D eigenvalue weighted by molar-refractivity contribution is 7.80. The van der Waals surface area contributed by atoms with Crippen molar-refractivity contribution in [1.82, 2.24) is 0 Å². The molecule has 0 radical (unpaired) electrons. The minimum Gasteiger partial charge on any atom is -0.485 e. The van der Waals surface area contributed by atoms with E-state index in [-0.39, 0.29) is 23.8 Å². The molecule has 0 saturated carbocycles. The minimum atomic E-state index is -0.827. The first kappa shape index (κ1) is 15.8. The van der Waals surface area contributed by atoms with Crippen LogP contribution in [0, 0.1) is 17.6 Å². The molecule has 0 atom stereocenters. The second-order valence-corrected chi connectivity index (χ2v) is 4.89. The van der Waals surface area contributed by atoms with Gasteiger partial charge in [0.25, 0.3) is 0 Å². The summed E-state index contributed by atoms with van der Waals surface area (Å²) in [4.78, 5) is -0.0652. The van der Waals surface area contributed by atoms with E-state index in [1.165, 1.54) is 0 Å². The average Bonchev–Trinajstić information content (AvgIpc) is 2.30. The molecule has 0 bridgehead atoms. The summed E-state index contributed by atoms with van der Waals surface area (Å²) < 4.78 is 37.4. The zero-order valence-corrected chi connectivity index (χ0v) is 11.7. The standard InChI is InChI=1S/C13H17F2NO2S/c1-8(2)7-17-3-4-18-12-10(14)5-9(13(16)19)6-11(12)15/h5-6,8H,3-4,7H2,1-2H3,(H2,16,19). The second kappa shape index (κ2) is 7.35. The fourth-order valence-electron chi connectivity index (χ4n) is 1.36. The molecule has 0 spiro atoms. The molecule has 0 aliphatic heterocycles. The van der Waals surface area contributed by atoms with Crippen LogP contribution in [0.1, 0.15) is 19.4 Å². The van der Waals surface area contributed by atoms with Crippen LogP contribution in [0.25, 0.3) is 0 Å². The lowest BCUT2D eigenvalue weighted by molar-refractivity contribution is 0.0795. The third-order valence-corrected chi connectivity index (χ3v) is 2.44. The molecule has 0 aliphatic rings. The molecule has 0 unspecified atom stereocenters. The molecule has 0 saturated heterocycles. The number of halogens is 2. The first-order valence-electron chi connectivity index (χ1n) is 5.91. The van der Waals surface area contributed by atoms with E-state index in [0.29, 0.717) is 12.5 Å². The number of hydrogen-bond acceptors (Lipinski definition) is 3. The number of nitrogens with two attached hydrogens (primary N) is 1. The maximum atomic E-state index is 13.6. The fraction of sp³-hybridized carbons (Fsp3) is 0.462. The van der Waals surface area contributed by atoms with E-state index in [4.69, 9.17) is 15.2 Å². The van der Waals surface area contributed by atoms with Gasteiger partial charge < -0.3 is 15.2 Å². The lowest BCUT2D eigenvalue weighted by atomic mass is 10.2. The largest absolute Gasteiger partial charge is 0.485 e. The van der Waals surface area contributed by atoms with E-state index in [0.717, 1.165) is 12.1 Å². The Morgan fingerprint density at radius 2 is 1.84 bits per heavy atom. The van der Waals surface area contributed by atoms with Crippen molar-refractivity contribution in [3.8, 4) is 5.75 Å². The molecule has 0 amide bonds. The topological polar surface area (TPSA) is 44.5 Å². The highest BCUT2D eigenvalue weighted by atomic mass is 32.1. The normalized spacial score (nSPS) is 10.8. The number of benzene rings is 1. The van der Waals surface area contributed by atoms with Gasteiger partial charge in [-0.3, -0.25) is 0 Å². The van der Waals surface area contributed by atoms with Crippen LogP contribution in [0.4, 0.5) is 8.78 Å². The van der Waals surface area contributed by atoms with Gasteiger partial charge in [0, 0.05) is 12.2 Å². The van der Waals surface area contributed by atoms with E-state index in [1.54, 1.807) is 0 Å². The predicted octanol–water partition coefficient (Wildman–Crippen LogP) is 2.65. The van der Waals surface area contributed by atoms with Gasteiger partial charge in [0.1, 0.15) is 11.6 Å². The lowest BCUT2D eigenvalue weighted by Crippen LogP contribution is -2.13.